The molecule has 3 aromatic rings. The highest BCUT2D eigenvalue weighted by molar-refractivity contribution is 9.10. The Morgan fingerprint density at radius 1 is 0.941 bits per heavy atom. The van der Waals surface area contributed by atoms with Crippen LogP contribution in [0.5, 0.6) is 0 Å². The molecule has 0 atom stereocenters. The Morgan fingerprint density at radius 3 is 2.18 bits per heavy atom. The minimum atomic E-state index is -0.0729. The predicted octanol–water partition coefficient (Wildman–Crippen LogP) is 7.07. The molecule has 5 heteroatoms. The zero-order valence-electron chi connectivity index (χ0n) is 20.2. The SMILES string of the molecule is Cc1[nH]n(-c2ccc(Br)c(C)c2C)c(=O)c1C=Nc1ccc(C23CC4CC(CC(C4)C2)C3)cc1. The number of benzene rings is 2. The fraction of sp³-hybridized carbons (Fsp3) is 0.448. The summed E-state index contributed by atoms with van der Waals surface area (Å²) < 4.78 is 2.67. The molecule has 176 valence electrons. The van der Waals surface area contributed by atoms with Crippen molar-refractivity contribution in [3.63, 3.8) is 0 Å². The molecule has 4 aliphatic rings. The molecular weight excluding hydrogens is 486 g/mol. The van der Waals surface area contributed by atoms with E-state index in [4.69, 9.17) is 0 Å². The number of hydrogen-bond donors (Lipinski definition) is 1. The monoisotopic (exact) mass is 517 g/mol. The summed E-state index contributed by atoms with van der Waals surface area (Å²) in [4.78, 5) is 17.9. The van der Waals surface area contributed by atoms with Crippen LogP contribution in [0.3, 0.4) is 0 Å². The van der Waals surface area contributed by atoms with E-state index in [1.54, 1.807) is 10.9 Å². The topological polar surface area (TPSA) is 50.1 Å². The average molecular weight is 518 g/mol. The molecule has 7 rings (SSSR count). The summed E-state index contributed by atoms with van der Waals surface area (Å²) in [6.07, 6.45) is 10.2. The first-order chi connectivity index (χ1) is 16.3. The number of H-pyrrole nitrogens is 1. The lowest BCUT2D eigenvalue weighted by Crippen LogP contribution is -2.48. The third kappa shape index (κ3) is 3.55. The number of nitrogens with one attached hydrogen (secondary N) is 1. The number of aromatic nitrogens is 2. The van der Waals surface area contributed by atoms with E-state index in [1.165, 1.54) is 44.1 Å². The molecule has 0 amide bonds. The van der Waals surface area contributed by atoms with Gasteiger partial charge in [-0.25, -0.2) is 4.68 Å². The lowest BCUT2D eigenvalue weighted by molar-refractivity contribution is -0.00518. The van der Waals surface area contributed by atoms with Crippen molar-refractivity contribution in [2.45, 2.75) is 64.7 Å². The molecule has 1 N–H and O–H groups in total. The number of hydrogen-bond acceptors (Lipinski definition) is 2. The second-order valence-electron chi connectivity index (χ2n) is 11.1. The Bertz CT molecular complexity index is 1310. The lowest BCUT2D eigenvalue weighted by Gasteiger charge is -2.57. The first kappa shape index (κ1) is 22.1. The van der Waals surface area contributed by atoms with Gasteiger partial charge in [-0.15, -0.1) is 0 Å². The number of rotatable bonds is 4. The highest BCUT2D eigenvalue weighted by atomic mass is 79.9. The van der Waals surface area contributed by atoms with Crippen molar-refractivity contribution in [3.05, 3.63) is 79.2 Å². The Hall–Kier alpha value is -2.40. The van der Waals surface area contributed by atoms with E-state index in [0.717, 1.165) is 50.4 Å². The van der Waals surface area contributed by atoms with Gasteiger partial charge in [-0.05, 0) is 123 Å². The molecule has 4 aliphatic carbocycles. The minimum absolute atomic E-state index is 0.0729. The highest BCUT2D eigenvalue weighted by Crippen LogP contribution is 2.60. The van der Waals surface area contributed by atoms with Crippen LogP contribution < -0.4 is 5.56 Å². The summed E-state index contributed by atoms with van der Waals surface area (Å²) in [6, 6.07) is 12.8. The number of nitrogens with zero attached hydrogens (tertiary/aromatic N) is 2. The van der Waals surface area contributed by atoms with Gasteiger partial charge in [0.15, 0.2) is 0 Å². The molecular formula is C29H32BrN3O. The molecule has 0 unspecified atom stereocenters. The van der Waals surface area contributed by atoms with Gasteiger partial charge in [0.05, 0.1) is 16.9 Å². The van der Waals surface area contributed by atoms with Crippen molar-refractivity contribution < 1.29 is 0 Å². The van der Waals surface area contributed by atoms with Gasteiger partial charge >= 0.3 is 0 Å². The van der Waals surface area contributed by atoms with Crippen LogP contribution in [0.2, 0.25) is 0 Å². The van der Waals surface area contributed by atoms with Gasteiger partial charge in [-0.3, -0.25) is 14.9 Å². The highest BCUT2D eigenvalue weighted by Gasteiger charge is 2.51. The van der Waals surface area contributed by atoms with E-state index in [0.29, 0.717) is 11.0 Å². The first-order valence-electron chi connectivity index (χ1n) is 12.6. The summed E-state index contributed by atoms with van der Waals surface area (Å²) >= 11 is 3.57. The molecule has 0 aliphatic heterocycles. The largest absolute Gasteiger partial charge is 0.295 e. The Kier molecular flexibility index (Phi) is 5.25. The summed E-state index contributed by atoms with van der Waals surface area (Å²) in [5.41, 5.74) is 7.23. The van der Waals surface area contributed by atoms with Crippen LogP contribution in [0.25, 0.3) is 5.69 Å². The molecule has 0 radical (unpaired) electrons. The van der Waals surface area contributed by atoms with Crippen LogP contribution in [0.15, 0.2) is 50.7 Å². The first-order valence-corrected chi connectivity index (χ1v) is 13.3. The fourth-order valence-electron chi connectivity index (χ4n) is 7.40. The zero-order chi connectivity index (χ0) is 23.6. The molecule has 34 heavy (non-hydrogen) atoms. The molecule has 4 nitrogen and oxygen atoms in total. The third-order valence-electron chi connectivity index (χ3n) is 8.91. The van der Waals surface area contributed by atoms with E-state index in [1.807, 2.05) is 26.0 Å². The van der Waals surface area contributed by atoms with Gasteiger partial charge in [0.25, 0.3) is 5.56 Å². The van der Waals surface area contributed by atoms with Gasteiger partial charge in [0.1, 0.15) is 0 Å². The van der Waals surface area contributed by atoms with Crippen molar-refractivity contribution in [1.29, 1.82) is 0 Å². The van der Waals surface area contributed by atoms with Crippen molar-refractivity contribution in [3.8, 4) is 5.69 Å². The molecule has 0 saturated heterocycles. The van der Waals surface area contributed by atoms with E-state index in [-0.39, 0.29) is 5.56 Å². The van der Waals surface area contributed by atoms with Crippen LogP contribution in [-0.4, -0.2) is 16.0 Å². The van der Waals surface area contributed by atoms with Gasteiger partial charge in [0, 0.05) is 16.4 Å². The van der Waals surface area contributed by atoms with E-state index in [2.05, 4.69) is 57.2 Å². The molecule has 2 aromatic carbocycles. The molecule has 0 spiro atoms. The Labute approximate surface area is 209 Å². The fourth-order valence-corrected chi connectivity index (χ4v) is 7.83. The zero-order valence-corrected chi connectivity index (χ0v) is 21.8. The maximum atomic E-state index is 13.2. The van der Waals surface area contributed by atoms with Crippen LogP contribution in [0.1, 0.15) is 66.5 Å². The van der Waals surface area contributed by atoms with Crippen molar-refractivity contribution in [2.24, 2.45) is 22.7 Å². The second kappa shape index (κ2) is 8.08. The van der Waals surface area contributed by atoms with Gasteiger partial charge in [-0.2, -0.15) is 0 Å². The van der Waals surface area contributed by atoms with Crippen molar-refractivity contribution in [2.75, 3.05) is 0 Å². The molecule has 4 bridgehead atoms. The molecule has 1 heterocycles. The average Bonchev–Trinajstić information content (AvgIpc) is 3.08. The smallest absolute Gasteiger partial charge is 0.280 e. The van der Waals surface area contributed by atoms with Crippen LogP contribution >= 0.6 is 15.9 Å². The normalized spacial score (nSPS) is 27.7. The Balaban J connectivity index is 1.26. The number of aryl methyl sites for hydroxylation is 1. The Morgan fingerprint density at radius 2 is 1.56 bits per heavy atom. The second-order valence-corrected chi connectivity index (χ2v) is 12.0. The van der Waals surface area contributed by atoms with Crippen LogP contribution in [0, 0.1) is 38.5 Å². The standard InChI is InChI=1S/C29H32BrN3O/c1-17-18(2)27(9-8-26(17)30)33-28(34)25(19(3)32-33)16-31-24-6-4-23(5-7-24)29-13-20-10-21(14-29)12-22(11-20)15-29/h4-9,16,20-22,32H,10-15H2,1-3H3. The van der Waals surface area contributed by atoms with E-state index >= 15 is 0 Å². The van der Waals surface area contributed by atoms with Crippen LogP contribution in [0.4, 0.5) is 5.69 Å². The minimum Gasteiger partial charge on any atom is -0.295 e. The lowest BCUT2D eigenvalue weighted by atomic mass is 9.48. The van der Waals surface area contributed by atoms with Crippen molar-refractivity contribution >= 4 is 27.8 Å². The summed E-state index contributed by atoms with van der Waals surface area (Å²) in [5.74, 6) is 2.84. The summed E-state index contributed by atoms with van der Waals surface area (Å²) in [7, 11) is 0. The number of aliphatic imine (C=N–C) groups is 1. The van der Waals surface area contributed by atoms with Gasteiger partial charge in [-0.1, -0.05) is 28.1 Å². The van der Waals surface area contributed by atoms with Crippen molar-refractivity contribution in [1.82, 2.24) is 9.78 Å². The summed E-state index contributed by atoms with van der Waals surface area (Å²) in [6.45, 7) is 6.02. The van der Waals surface area contributed by atoms with Gasteiger partial charge in [0.2, 0.25) is 0 Å². The van der Waals surface area contributed by atoms with Crippen LogP contribution in [-0.2, 0) is 5.41 Å². The summed E-state index contributed by atoms with van der Waals surface area (Å²) in [5, 5.41) is 3.23. The van der Waals surface area contributed by atoms with Gasteiger partial charge < -0.3 is 0 Å². The maximum Gasteiger partial charge on any atom is 0.280 e. The predicted molar refractivity (Wildman–Crippen MR) is 142 cm³/mol. The quantitative estimate of drug-likeness (QED) is 0.369. The molecule has 4 saturated carbocycles. The van der Waals surface area contributed by atoms with E-state index < -0.39 is 0 Å². The molecule has 4 fully saturated rings. The molecule has 1 aromatic heterocycles. The number of halogens is 1. The third-order valence-corrected chi connectivity index (χ3v) is 9.77. The maximum absolute atomic E-state index is 13.2. The van der Waals surface area contributed by atoms with E-state index in [9.17, 15) is 4.79 Å². The number of aromatic amines is 1.